The third kappa shape index (κ3) is 1.50. The number of alkyl halides is 1. The zero-order valence-electron chi connectivity index (χ0n) is 7.66. The van der Waals surface area contributed by atoms with Crippen molar-refractivity contribution >= 4 is 5.97 Å². The Hall–Kier alpha value is -1.38. The molecule has 1 aromatic carbocycles. The largest absolute Gasteiger partial charge is 0.478 e. The van der Waals surface area contributed by atoms with E-state index in [1.807, 2.05) is 0 Å². The van der Waals surface area contributed by atoms with Gasteiger partial charge in [0.1, 0.15) is 6.17 Å². The first-order chi connectivity index (χ1) is 6.68. The number of aryl methyl sites for hydroxylation is 1. The second-order valence-corrected chi connectivity index (χ2v) is 3.58. The Morgan fingerprint density at radius 3 is 3.00 bits per heavy atom. The molecule has 1 atom stereocenters. The number of hydrogen-bond donors (Lipinski definition) is 1. The topological polar surface area (TPSA) is 37.3 Å². The molecule has 2 rings (SSSR count). The summed E-state index contributed by atoms with van der Waals surface area (Å²) in [6, 6.07) is 4.66. The van der Waals surface area contributed by atoms with Gasteiger partial charge in [0.05, 0.1) is 5.56 Å². The number of rotatable bonds is 1. The van der Waals surface area contributed by atoms with Crippen LogP contribution in [-0.4, -0.2) is 11.1 Å². The Bertz CT molecular complexity index is 374. The van der Waals surface area contributed by atoms with Gasteiger partial charge in [-0.3, -0.25) is 0 Å². The molecule has 0 saturated carbocycles. The summed E-state index contributed by atoms with van der Waals surface area (Å²) in [4.78, 5) is 10.7. The number of carboxylic acid groups (broad SMARTS) is 1. The molecule has 0 saturated heterocycles. The van der Waals surface area contributed by atoms with Crippen LogP contribution in [-0.2, 0) is 6.42 Å². The summed E-state index contributed by atoms with van der Waals surface area (Å²) in [6.07, 6.45) is 1.23. The highest BCUT2D eigenvalue weighted by Gasteiger charge is 2.20. The van der Waals surface area contributed by atoms with Crippen LogP contribution in [0.3, 0.4) is 0 Å². The molecule has 0 aromatic heterocycles. The second-order valence-electron chi connectivity index (χ2n) is 3.58. The van der Waals surface area contributed by atoms with Crippen LogP contribution in [0.15, 0.2) is 18.2 Å². The van der Waals surface area contributed by atoms with E-state index in [4.69, 9.17) is 5.11 Å². The summed E-state index contributed by atoms with van der Waals surface area (Å²) >= 11 is 0. The van der Waals surface area contributed by atoms with E-state index < -0.39 is 12.1 Å². The standard InChI is InChI=1S/C11H11FO2/c12-10-3-1-2-7-6-8(11(13)14)4-5-9(7)10/h4-6,10H,1-3H2,(H,13,14). The zero-order chi connectivity index (χ0) is 10.1. The predicted molar refractivity (Wildman–Crippen MR) is 50.2 cm³/mol. The van der Waals surface area contributed by atoms with Gasteiger partial charge in [-0.05, 0) is 42.5 Å². The van der Waals surface area contributed by atoms with Crippen LogP contribution >= 0.6 is 0 Å². The van der Waals surface area contributed by atoms with Crippen molar-refractivity contribution in [3.63, 3.8) is 0 Å². The monoisotopic (exact) mass is 194 g/mol. The maximum atomic E-state index is 13.4. The van der Waals surface area contributed by atoms with E-state index in [0.29, 0.717) is 12.0 Å². The summed E-state index contributed by atoms with van der Waals surface area (Å²) in [5.41, 5.74) is 1.77. The SMILES string of the molecule is O=C(O)c1ccc2c(c1)CCCC2F. The van der Waals surface area contributed by atoms with Crippen LogP contribution < -0.4 is 0 Å². The Labute approximate surface area is 81.4 Å². The molecule has 0 radical (unpaired) electrons. The van der Waals surface area contributed by atoms with E-state index >= 15 is 0 Å². The number of halogens is 1. The van der Waals surface area contributed by atoms with E-state index in [1.54, 1.807) is 12.1 Å². The highest BCUT2D eigenvalue weighted by Crippen LogP contribution is 2.32. The molecular formula is C11H11FO2. The lowest BCUT2D eigenvalue weighted by Gasteiger charge is -2.19. The van der Waals surface area contributed by atoms with Crippen molar-refractivity contribution in [1.82, 2.24) is 0 Å². The van der Waals surface area contributed by atoms with E-state index in [0.717, 1.165) is 18.4 Å². The summed E-state index contributed by atoms with van der Waals surface area (Å²) in [7, 11) is 0. The van der Waals surface area contributed by atoms with Gasteiger partial charge in [-0.2, -0.15) is 0 Å². The van der Waals surface area contributed by atoms with Crippen molar-refractivity contribution < 1.29 is 14.3 Å². The molecule has 1 aromatic rings. The number of carbonyl (C=O) groups is 1. The van der Waals surface area contributed by atoms with Crippen LogP contribution in [0.1, 0.15) is 40.5 Å². The van der Waals surface area contributed by atoms with Gasteiger partial charge < -0.3 is 5.11 Å². The number of carboxylic acids is 1. The average molecular weight is 194 g/mol. The summed E-state index contributed by atoms with van der Waals surface area (Å²) < 4.78 is 13.4. The Morgan fingerprint density at radius 2 is 2.29 bits per heavy atom. The van der Waals surface area contributed by atoms with E-state index in [2.05, 4.69) is 0 Å². The van der Waals surface area contributed by atoms with E-state index in [1.165, 1.54) is 6.07 Å². The normalized spacial score (nSPS) is 20.2. The molecule has 0 fully saturated rings. The predicted octanol–water partition coefficient (Wildman–Crippen LogP) is 2.73. The Balaban J connectivity index is 2.44. The van der Waals surface area contributed by atoms with Crippen LogP contribution in [0.2, 0.25) is 0 Å². The molecule has 0 amide bonds. The molecule has 1 aliphatic rings. The van der Waals surface area contributed by atoms with Crippen LogP contribution in [0.5, 0.6) is 0 Å². The molecule has 74 valence electrons. The van der Waals surface area contributed by atoms with Gasteiger partial charge in [-0.15, -0.1) is 0 Å². The third-order valence-corrected chi connectivity index (χ3v) is 2.63. The molecule has 0 heterocycles. The third-order valence-electron chi connectivity index (χ3n) is 2.63. The maximum absolute atomic E-state index is 13.4. The average Bonchev–Trinajstić information content (AvgIpc) is 2.17. The van der Waals surface area contributed by atoms with Gasteiger partial charge in [0, 0.05) is 0 Å². The van der Waals surface area contributed by atoms with Crippen molar-refractivity contribution in [3.05, 3.63) is 34.9 Å². The molecule has 0 spiro atoms. The van der Waals surface area contributed by atoms with E-state index in [-0.39, 0.29) is 5.56 Å². The Morgan fingerprint density at radius 1 is 1.50 bits per heavy atom. The van der Waals surface area contributed by atoms with Gasteiger partial charge in [0.15, 0.2) is 0 Å². The number of hydrogen-bond acceptors (Lipinski definition) is 1. The minimum Gasteiger partial charge on any atom is -0.478 e. The van der Waals surface area contributed by atoms with Gasteiger partial charge in [-0.25, -0.2) is 9.18 Å². The minimum atomic E-state index is -0.950. The lowest BCUT2D eigenvalue weighted by atomic mass is 9.89. The molecule has 0 bridgehead atoms. The van der Waals surface area contributed by atoms with Gasteiger partial charge >= 0.3 is 5.97 Å². The van der Waals surface area contributed by atoms with E-state index in [9.17, 15) is 9.18 Å². The second kappa shape index (κ2) is 3.40. The zero-order valence-corrected chi connectivity index (χ0v) is 7.66. The number of aromatic carboxylic acids is 1. The highest BCUT2D eigenvalue weighted by atomic mass is 19.1. The fourth-order valence-corrected chi connectivity index (χ4v) is 1.89. The summed E-state index contributed by atoms with van der Waals surface area (Å²) in [6.45, 7) is 0. The molecule has 0 aliphatic heterocycles. The molecule has 1 unspecified atom stereocenters. The highest BCUT2D eigenvalue weighted by molar-refractivity contribution is 5.87. The summed E-state index contributed by atoms with van der Waals surface area (Å²) in [5, 5.41) is 8.76. The van der Waals surface area contributed by atoms with Crippen molar-refractivity contribution in [1.29, 1.82) is 0 Å². The quantitative estimate of drug-likeness (QED) is 0.746. The van der Waals surface area contributed by atoms with Crippen LogP contribution in [0.25, 0.3) is 0 Å². The molecule has 3 heteroatoms. The fourth-order valence-electron chi connectivity index (χ4n) is 1.89. The summed E-state index contributed by atoms with van der Waals surface area (Å²) in [5.74, 6) is -0.950. The molecule has 1 N–H and O–H groups in total. The van der Waals surface area contributed by atoms with Crippen LogP contribution in [0.4, 0.5) is 4.39 Å². The molecule has 2 nitrogen and oxygen atoms in total. The maximum Gasteiger partial charge on any atom is 0.335 e. The minimum absolute atomic E-state index is 0.248. The Kier molecular flexibility index (Phi) is 2.23. The van der Waals surface area contributed by atoms with Gasteiger partial charge in [-0.1, -0.05) is 6.07 Å². The first-order valence-corrected chi connectivity index (χ1v) is 4.68. The number of benzene rings is 1. The smallest absolute Gasteiger partial charge is 0.335 e. The molecule has 14 heavy (non-hydrogen) atoms. The van der Waals surface area contributed by atoms with Crippen molar-refractivity contribution in [2.45, 2.75) is 25.4 Å². The molecule has 1 aliphatic carbocycles. The van der Waals surface area contributed by atoms with Gasteiger partial charge in [0.25, 0.3) is 0 Å². The van der Waals surface area contributed by atoms with Crippen molar-refractivity contribution in [3.8, 4) is 0 Å². The first-order valence-electron chi connectivity index (χ1n) is 4.68. The van der Waals surface area contributed by atoms with Gasteiger partial charge in [0.2, 0.25) is 0 Å². The lowest BCUT2D eigenvalue weighted by molar-refractivity contribution is 0.0696. The number of fused-ring (bicyclic) bond motifs is 1. The molecular weight excluding hydrogens is 183 g/mol. The van der Waals surface area contributed by atoms with Crippen molar-refractivity contribution in [2.75, 3.05) is 0 Å². The first kappa shape index (κ1) is 9.19. The van der Waals surface area contributed by atoms with Crippen LogP contribution in [0, 0.1) is 0 Å². The van der Waals surface area contributed by atoms with Crippen molar-refractivity contribution in [2.24, 2.45) is 0 Å². The fraction of sp³-hybridized carbons (Fsp3) is 0.364. The lowest BCUT2D eigenvalue weighted by Crippen LogP contribution is -2.08.